The fraction of sp³-hybridized carbons (Fsp3) is 1.00. The Morgan fingerprint density at radius 2 is 0.714 bits per heavy atom. The topological polar surface area (TPSA) is 27.7 Å². The van der Waals surface area contributed by atoms with Crippen LogP contribution in [0.3, 0.4) is 0 Å². The molecule has 0 N–H and O–H groups in total. The van der Waals surface area contributed by atoms with E-state index >= 15 is 0 Å². The third kappa shape index (κ3) is 7.61. The Morgan fingerprint density at radius 3 is 1.00 bits per heavy atom. The van der Waals surface area contributed by atoms with Gasteiger partial charge in [-0.25, -0.2) is 4.39 Å². The molecule has 0 aliphatic rings. The molecule has 0 fully saturated rings. The van der Waals surface area contributed by atoms with Crippen LogP contribution in [0.5, 0.6) is 0 Å². The van der Waals surface area contributed by atoms with E-state index < -0.39 is 85.8 Å². The van der Waals surface area contributed by atoms with E-state index in [2.05, 4.69) is 0 Å². The summed E-state index contributed by atoms with van der Waals surface area (Å²) in [5.41, 5.74) is 0. The van der Waals surface area contributed by atoms with Crippen molar-refractivity contribution in [2.45, 2.75) is 85.8 Å². The minimum absolute atomic E-state index is 0.235. The van der Waals surface area contributed by atoms with Gasteiger partial charge in [0.2, 0.25) is 0 Å². The first-order valence-corrected chi connectivity index (χ1v) is 11.0. The van der Waals surface area contributed by atoms with Gasteiger partial charge in [0.05, 0.1) is 0 Å². The Bertz CT molecular complexity index is 909. The summed E-state index contributed by atoms with van der Waals surface area (Å²) in [6.45, 7) is 0. The van der Waals surface area contributed by atoms with Crippen molar-refractivity contribution in [3.05, 3.63) is 0 Å². The van der Waals surface area contributed by atoms with Crippen molar-refractivity contribution >= 4 is 22.6 Å². The summed E-state index contributed by atoms with van der Waals surface area (Å²) in [6, 6.07) is 0. The first kappa shape index (κ1) is 41.0. The second kappa shape index (κ2) is 11.7. The van der Waals surface area contributed by atoms with Gasteiger partial charge in [0.15, 0.2) is 0 Å². The number of hydrogen-bond acceptors (Lipinski definition) is 3. The third-order valence-electron chi connectivity index (χ3n) is 4.33. The summed E-state index contributed by atoms with van der Waals surface area (Å²) in [5, 5.41) is 0. The van der Waals surface area contributed by atoms with Gasteiger partial charge in [-0.1, -0.05) is 22.6 Å². The Kier molecular flexibility index (Phi) is 11.5. The molecular weight excluding hydrogens is 792 g/mol. The summed E-state index contributed by atoms with van der Waals surface area (Å²) in [7, 11) is 0. The Hall–Kier alpha value is -1.00. The first-order valence-electron chi connectivity index (χ1n) is 9.44. The summed E-state index contributed by atoms with van der Waals surface area (Å²) in [6.07, 6.45) is -60.6. The van der Waals surface area contributed by atoms with E-state index in [4.69, 9.17) is 0 Å². The van der Waals surface area contributed by atoms with Crippen LogP contribution in [0.1, 0.15) is 19.3 Å². The third-order valence-corrected chi connectivity index (χ3v) is 5.10. The van der Waals surface area contributed by atoms with Crippen molar-refractivity contribution in [1.29, 1.82) is 0 Å². The van der Waals surface area contributed by atoms with Gasteiger partial charge in [0.1, 0.15) is 0 Å². The molecule has 3 atom stereocenters. The minimum Gasteiger partial charge on any atom is -0.270 e. The largest absolute Gasteiger partial charge is 0.462 e. The Balaban J connectivity index is 7.14. The maximum absolute atomic E-state index is 14.3. The molecule has 0 aliphatic heterocycles. The van der Waals surface area contributed by atoms with Crippen LogP contribution in [-0.4, -0.2) is 70.9 Å². The molecule has 0 bridgehead atoms. The molecule has 0 rings (SSSR count). The number of hydrogen-bond donors (Lipinski definition) is 0. The van der Waals surface area contributed by atoms with Gasteiger partial charge in [0.25, 0.3) is 0 Å². The zero-order chi connectivity index (χ0) is 34.4. The number of halogens is 24. The monoisotopic (exact) mass is 800 g/mol. The predicted molar refractivity (Wildman–Crippen MR) is 91.5 cm³/mol. The molecule has 0 aromatic rings. The van der Waals surface area contributed by atoms with Crippen molar-refractivity contribution in [3.8, 4) is 0 Å². The van der Waals surface area contributed by atoms with Gasteiger partial charge in [-0.15, -0.1) is 0 Å². The molecule has 0 heterocycles. The van der Waals surface area contributed by atoms with Crippen molar-refractivity contribution in [2.75, 3.05) is 4.43 Å². The fourth-order valence-corrected chi connectivity index (χ4v) is 2.72. The van der Waals surface area contributed by atoms with Gasteiger partial charge in [-0.2, -0.15) is 96.6 Å². The molecule has 0 spiro atoms. The lowest BCUT2D eigenvalue weighted by Gasteiger charge is -2.43. The highest BCUT2D eigenvalue weighted by molar-refractivity contribution is 14.1. The molecule has 0 aromatic carbocycles. The van der Waals surface area contributed by atoms with Crippen molar-refractivity contribution in [2.24, 2.45) is 0 Å². The van der Waals surface area contributed by atoms with Gasteiger partial charge in [-0.3, -0.25) is 14.2 Å². The van der Waals surface area contributed by atoms with E-state index in [0.717, 1.165) is 4.74 Å². The highest BCUT2D eigenvalue weighted by Crippen LogP contribution is 2.59. The zero-order valence-corrected chi connectivity index (χ0v) is 20.8. The van der Waals surface area contributed by atoms with Crippen LogP contribution in [0, 0.1) is 0 Å². The SMILES string of the molecule is FC(F)(F)C(F)(CCCCI)OC(F)(F)C(F)(OC(F)(F)C(F)(OC(F)(F)C(F)(F)C(F)(F)F)C(F)(F)F)C(F)(F)F. The van der Waals surface area contributed by atoms with E-state index in [1.54, 1.807) is 0 Å². The minimum atomic E-state index is -8.62. The van der Waals surface area contributed by atoms with Gasteiger partial charge in [-0.05, 0) is 17.3 Å². The summed E-state index contributed by atoms with van der Waals surface area (Å²) >= 11 is 1.35. The fourth-order valence-electron chi connectivity index (χ4n) is 2.18. The number of alkyl halides is 24. The maximum Gasteiger partial charge on any atom is 0.462 e. The normalized spacial score (nSPS) is 19.7. The summed E-state index contributed by atoms with van der Waals surface area (Å²) < 4.78 is 307. The van der Waals surface area contributed by atoms with Crippen molar-refractivity contribution in [3.63, 3.8) is 0 Å². The lowest BCUT2D eigenvalue weighted by molar-refractivity contribution is -0.579. The van der Waals surface area contributed by atoms with Gasteiger partial charge in [0, 0.05) is 6.42 Å². The smallest absolute Gasteiger partial charge is 0.270 e. The lowest BCUT2D eigenvalue weighted by Crippen LogP contribution is -2.70. The number of ether oxygens (including phenoxy) is 3. The van der Waals surface area contributed by atoms with E-state index in [9.17, 15) is 101 Å². The number of unbranched alkanes of at least 4 members (excludes halogenated alkanes) is 1. The maximum atomic E-state index is 14.3. The lowest BCUT2D eigenvalue weighted by atomic mass is 10.1. The van der Waals surface area contributed by atoms with E-state index in [1.165, 1.54) is 27.3 Å². The molecule has 0 aromatic heterocycles. The van der Waals surface area contributed by atoms with Gasteiger partial charge < -0.3 is 0 Å². The summed E-state index contributed by atoms with van der Waals surface area (Å²) in [5.74, 6) is -31.3. The second-order valence-corrected chi connectivity index (χ2v) is 8.57. The Labute approximate surface area is 228 Å². The van der Waals surface area contributed by atoms with Crippen LogP contribution >= 0.6 is 22.6 Å². The highest BCUT2D eigenvalue weighted by atomic mass is 127. The van der Waals surface area contributed by atoms with Crippen molar-refractivity contribution < 1.29 is 115 Å². The molecule has 254 valence electrons. The van der Waals surface area contributed by atoms with E-state index in [-0.39, 0.29) is 4.43 Å². The molecule has 3 nitrogen and oxygen atoms in total. The van der Waals surface area contributed by atoms with Gasteiger partial charge >= 0.3 is 66.5 Å². The van der Waals surface area contributed by atoms with Crippen LogP contribution in [0.15, 0.2) is 0 Å². The molecule has 0 radical (unpaired) electrons. The molecule has 0 saturated heterocycles. The van der Waals surface area contributed by atoms with E-state index in [1.807, 2.05) is 4.74 Å². The zero-order valence-electron chi connectivity index (χ0n) is 18.6. The standard InChI is InChI=1S/C15H8F23IO3/c16-5(9(21,22)23,3-1-2-4-39)40-14(35,36)7(19,11(27,28)29)42-15(37,38)8(20,12(30,31)32)41-13(33,34)6(17,18)10(24,25)26/h1-4H2. The average molecular weight is 800 g/mol. The van der Waals surface area contributed by atoms with Crippen molar-refractivity contribution in [1.82, 2.24) is 0 Å². The summed E-state index contributed by atoms with van der Waals surface area (Å²) in [4.78, 5) is 0. The van der Waals surface area contributed by atoms with E-state index in [0.29, 0.717) is 0 Å². The first-order chi connectivity index (χ1) is 17.9. The molecule has 42 heavy (non-hydrogen) atoms. The second-order valence-electron chi connectivity index (χ2n) is 7.49. The molecule has 27 heteroatoms. The van der Waals surface area contributed by atoms with Crippen LogP contribution in [0.25, 0.3) is 0 Å². The van der Waals surface area contributed by atoms with Crippen LogP contribution in [-0.2, 0) is 14.2 Å². The highest BCUT2D eigenvalue weighted by Gasteiger charge is 2.88. The van der Waals surface area contributed by atoms with Crippen LogP contribution in [0.2, 0.25) is 0 Å². The molecule has 0 aliphatic carbocycles. The quantitative estimate of drug-likeness (QED) is 0.0805. The van der Waals surface area contributed by atoms with Crippen LogP contribution in [0.4, 0.5) is 101 Å². The molecular formula is C15H8F23IO3. The Morgan fingerprint density at radius 1 is 0.381 bits per heavy atom. The van der Waals surface area contributed by atoms with Crippen LogP contribution < -0.4 is 0 Å². The number of rotatable bonds is 13. The molecule has 0 saturated carbocycles. The molecule has 3 unspecified atom stereocenters. The molecule has 0 amide bonds. The average Bonchev–Trinajstić information content (AvgIpc) is 2.69. The predicted octanol–water partition coefficient (Wildman–Crippen LogP) is 9.30.